The van der Waals surface area contributed by atoms with Crippen molar-refractivity contribution in [3.05, 3.63) is 93.4 Å². The summed E-state index contributed by atoms with van der Waals surface area (Å²) in [6, 6.07) is 12.2. The summed E-state index contributed by atoms with van der Waals surface area (Å²) >= 11 is 0. The second-order valence-corrected chi connectivity index (χ2v) is 8.39. The minimum absolute atomic E-state index is 0.150. The molecule has 1 N–H and O–H groups in total. The van der Waals surface area contributed by atoms with Crippen molar-refractivity contribution in [2.75, 3.05) is 5.32 Å². The van der Waals surface area contributed by atoms with Crippen LogP contribution >= 0.6 is 0 Å². The van der Waals surface area contributed by atoms with Gasteiger partial charge in [0, 0.05) is 0 Å². The highest BCUT2D eigenvalue weighted by Gasteiger charge is 2.23. The smallest absolute Gasteiger partial charge is 0.278 e. The van der Waals surface area contributed by atoms with Gasteiger partial charge in [0.05, 0.1) is 29.2 Å². The number of rotatable bonds is 7. The lowest BCUT2D eigenvalue weighted by molar-refractivity contribution is 0.101. The van der Waals surface area contributed by atoms with Gasteiger partial charge in [-0.1, -0.05) is 23.4 Å². The third-order valence-electron chi connectivity index (χ3n) is 5.90. The average Bonchev–Trinajstić information content (AvgIpc) is 3.29. The number of aromatic nitrogens is 3. The number of carbonyl (C=O) groups is 1. The summed E-state index contributed by atoms with van der Waals surface area (Å²) < 4.78 is 26.5. The fourth-order valence-electron chi connectivity index (χ4n) is 3.71. The number of anilines is 1. The van der Waals surface area contributed by atoms with Crippen LogP contribution in [0, 0.1) is 40.4 Å². The first-order chi connectivity index (χ1) is 16.2. The number of hydrogen-bond donors (Lipinski definition) is 1. The molecule has 4 rings (SSSR count). The van der Waals surface area contributed by atoms with E-state index in [1.807, 2.05) is 52.0 Å². The number of benzene rings is 2. The highest BCUT2D eigenvalue weighted by Crippen LogP contribution is 2.24. The first-order valence-electron chi connectivity index (χ1n) is 11.0. The maximum atomic E-state index is 13.6. The number of nitrogens with zero attached hydrogens (tertiary/aromatic N) is 3. The summed E-state index contributed by atoms with van der Waals surface area (Å²) in [4.78, 5) is 13.1. The van der Waals surface area contributed by atoms with Crippen LogP contribution in [0.5, 0.6) is 5.75 Å². The molecular weight excluding hydrogens is 435 g/mol. The number of halogens is 1. The largest absolute Gasteiger partial charge is 0.489 e. The van der Waals surface area contributed by atoms with E-state index in [9.17, 15) is 9.18 Å². The summed E-state index contributed by atoms with van der Waals surface area (Å²) in [7, 11) is 0. The van der Waals surface area contributed by atoms with Gasteiger partial charge >= 0.3 is 0 Å². The van der Waals surface area contributed by atoms with Crippen LogP contribution in [0.25, 0.3) is 0 Å². The molecule has 8 heteroatoms. The first-order valence-corrected chi connectivity index (χ1v) is 11.0. The third kappa shape index (κ3) is 4.85. The topological polar surface area (TPSA) is 82.2 Å². The molecule has 0 unspecified atom stereocenters. The van der Waals surface area contributed by atoms with Gasteiger partial charge in [0.2, 0.25) is 0 Å². The Kier molecular flexibility index (Phi) is 6.49. The fourth-order valence-corrected chi connectivity index (χ4v) is 3.71. The molecule has 0 saturated carbocycles. The second-order valence-electron chi connectivity index (χ2n) is 8.39. The molecular formula is C26H27FN4O3. The molecule has 0 aliphatic heterocycles. The minimum Gasteiger partial charge on any atom is -0.489 e. The van der Waals surface area contributed by atoms with Gasteiger partial charge in [-0.05, 0) is 75.6 Å². The molecule has 2 heterocycles. The van der Waals surface area contributed by atoms with Gasteiger partial charge in [0.25, 0.3) is 5.91 Å². The zero-order valence-corrected chi connectivity index (χ0v) is 19.9. The predicted octanol–water partition coefficient (Wildman–Crippen LogP) is 5.43. The molecule has 176 valence electrons. The lowest BCUT2D eigenvalue weighted by Gasteiger charge is -2.09. The normalized spacial score (nSPS) is 11.0. The number of carbonyl (C=O) groups excluding carboxylic acids is 1. The van der Waals surface area contributed by atoms with Crippen molar-refractivity contribution in [3.8, 4) is 5.75 Å². The van der Waals surface area contributed by atoms with Crippen molar-refractivity contribution in [2.45, 2.75) is 47.8 Å². The molecule has 2 aromatic heterocycles. The summed E-state index contributed by atoms with van der Waals surface area (Å²) in [6.07, 6.45) is 0. The van der Waals surface area contributed by atoms with Crippen LogP contribution in [0.3, 0.4) is 0 Å². The molecule has 0 fully saturated rings. The highest BCUT2D eigenvalue weighted by molar-refractivity contribution is 6.04. The van der Waals surface area contributed by atoms with Crippen molar-refractivity contribution < 1.29 is 18.4 Å². The molecule has 0 atom stereocenters. The van der Waals surface area contributed by atoms with E-state index in [1.165, 1.54) is 17.7 Å². The Labute approximate surface area is 197 Å². The summed E-state index contributed by atoms with van der Waals surface area (Å²) in [5.74, 6) is 0.515. The average molecular weight is 463 g/mol. The Bertz CT molecular complexity index is 1360. The number of aryl methyl sites for hydroxylation is 4. The molecule has 0 aliphatic rings. The van der Waals surface area contributed by atoms with Crippen LogP contribution in [0.1, 0.15) is 49.9 Å². The number of nitrogens with one attached hydrogen (secondary N) is 1. The maximum Gasteiger partial charge on any atom is 0.278 e. The molecule has 2 aromatic carbocycles. The van der Waals surface area contributed by atoms with Crippen molar-refractivity contribution in [3.63, 3.8) is 0 Å². The lowest BCUT2D eigenvalue weighted by Crippen LogP contribution is -2.16. The minimum atomic E-state index is -0.410. The predicted molar refractivity (Wildman–Crippen MR) is 127 cm³/mol. The third-order valence-corrected chi connectivity index (χ3v) is 5.90. The van der Waals surface area contributed by atoms with Crippen LogP contribution < -0.4 is 10.1 Å². The van der Waals surface area contributed by atoms with Crippen LogP contribution in [0.4, 0.5) is 10.1 Å². The molecule has 1 amide bonds. The summed E-state index contributed by atoms with van der Waals surface area (Å²) in [5, 5.41) is 11.4. The van der Waals surface area contributed by atoms with E-state index in [0.717, 1.165) is 16.8 Å². The first kappa shape index (κ1) is 23.2. The Morgan fingerprint density at radius 2 is 1.88 bits per heavy atom. The van der Waals surface area contributed by atoms with Gasteiger partial charge in [-0.3, -0.25) is 9.48 Å². The number of ether oxygens (including phenoxy) is 1. The molecule has 0 aliphatic carbocycles. The molecule has 0 spiro atoms. The standard InChI is InChI=1S/C26H27FN4O3/c1-15-9-10-22(11-16(15)2)33-14-23-19(5)34-30-25(23)26(32)28-24-17(3)29-31(18(24)4)13-20-7-6-8-21(27)12-20/h6-12H,13-14H2,1-5H3,(H,28,32). The monoisotopic (exact) mass is 462 g/mol. The molecule has 7 nitrogen and oxygen atoms in total. The Hall–Kier alpha value is -3.94. The molecule has 34 heavy (non-hydrogen) atoms. The van der Waals surface area contributed by atoms with Gasteiger partial charge in [0.1, 0.15) is 23.9 Å². The molecule has 4 aromatic rings. The van der Waals surface area contributed by atoms with E-state index >= 15 is 0 Å². The quantitative estimate of drug-likeness (QED) is 0.396. The van der Waals surface area contributed by atoms with E-state index in [-0.39, 0.29) is 18.1 Å². The molecule has 0 bridgehead atoms. The van der Waals surface area contributed by atoms with Crippen molar-refractivity contribution in [1.29, 1.82) is 0 Å². The van der Waals surface area contributed by atoms with E-state index in [4.69, 9.17) is 9.26 Å². The summed E-state index contributed by atoms with van der Waals surface area (Å²) in [5.41, 5.74) is 5.82. The Morgan fingerprint density at radius 3 is 2.62 bits per heavy atom. The van der Waals surface area contributed by atoms with E-state index < -0.39 is 5.91 Å². The van der Waals surface area contributed by atoms with Gasteiger partial charge in [-0.25, -0.2) is 4.39 Å². The fraction of sp³-hybridized carbons (Fsp3) is 0.269. The van der Waals surface area contributed by atoms with Crippen LogP contribution in [-0.4, -0.2) is 20.8 Å². The zero-order valence-electron chi connectivity index (χ0n) is 19.9. The Balaban J connectivity index is 1.51. The second kappa shape index (κ2) is 9.51. The zero-order chi connectivity index (χ0) is 24.4. The number of hydrogen-bond acceptors (Lipinski definition) is 5. The van der Waals surface area contributed by atoms with Gasteiger partial charge in [-0.15, -0.1) is 0 Å². The van der Waals surface area contributed by atoms with Crippen molar-refractivity contribution >= 4 is 11.6 Å². The van der Waals surface area contributed by atoms with Crippen LogP contribution in [0.15, 0.2) is 47.0 Å². The van der Waals surface area contributed by atoms with Crippen molar-refractivity contribution in [2.24, 2.45) is 0 Å². The van der Waals surface area contributed by atoms with Crippen LogP contribution in [-0.2, 0) is 13.2 Å². The highest BCUT2D eigenvalue weighted by atomic mass is 19.1. The lowest BCUT2D eigenvalue weighted by atomic mass is 10.1. The van der Waals surface area contributed by atoms with Gasteiger partial charge in [-0.2, -0.15) is 5.10 Å². The molecule has 0 saturated heterocycles. The van der Waals surface area contributed by atoms with E-state index in [2.05, 4.69) is 15.6 Å². The van der Waals surface area contributed by atoms with E-state index in [0.29, 0.717) is 35.0 Å². The number of amides is 1. The molecule has 0 radical (unpaired) electrons. The van der Waals surface area contributed by atoms with Gasteiger partial charge in [0.15, 0.2) is 5.69 Å². The van der Waals surface area contributed by atoms with Crippen LogP contribution in [0.2, 0.25) is 0 Å². The van der Waals surface area contributed by atoms with Crippen molar-refractivity contribution in [1.82, 2.24) is 14.9 Å². The maximum absolute atomic E-state index is 13.6. The Morgan fingerprint density at radius 1 is 1.09 bits per heavy atom. The van der Waals surface area contributed by atoms with E-state index in [1.54, 1.807) is 17.7 Å². The summed E-state index contributed by atoms with van der Waals surface area (Å²) in [6.45, 7) is 10.0. The van der Waals surface area contributed by atoms with Gasteiger partial charge < -0.3 is 14.6 Å². The SMILES string of the molecule is Cc1ccc(OCc2c(C(=O)Nc3c(C)nn(Cc4cccc(F)c4)c3C)noc2C)cc1C.